The number of anilines is 1. The molecular formula is C22H18Cl4N2O3S. The molecule has 0 aliphatic carbocycles. The van der Waals surface area contributed by atoms with Gasteiger partial charge >= 0.3 is 0 Å². The second-order valence-electron chi connectivity index (χ2n) is 6.82. The summed E-state index contributed by atoms with van der Waals surface area (Å²) in [5, 5.41) is 3.49. The van der Waals surface area contributed by atoms with E-state index in [4.69, 9.17) is 46.4 Å². The zero-order chi connectivity index (χ0) is 23.3. The summed E-state index contributed by atoms with van der Waals surface area (Å²) in [4.78, 5) is 12.6. The van der Waals surface area contributed by atoms with Crippen molar-refractivity contribution in [3.05, 3.63) is 92.4 Å². The Morgan fingerprint density at radius 1 is 0.844 bits per heavy atom. The Morgan fingerprint density at radius 3 is 2.16 bits per heavy atom. The van der Waals surface area contributed by atoms with E-state index in [1.54, 1.807) is 6.07 Å². The smallest absolute Gasteiger partial charge is 0.245 e. The van der Waals surface area contributed by atoms with Crippen LogP contribution in [-0.4, -0.2) is 31.7 Å². The quantitative estimate of drug-likeness (QED) is 0.378. The number of hydrogen-bond acceptors (Lipinski definition) is 3. The molecule has 168 valence electrons. The highest BCUT2D eigenvalue weighted by molar-refractivity contribution is 7.89. The topological polar surface area (TPSA) is 66.5 Å². The average molecular weight is 532 g/mol. The molecule has 3 rings (SSSR count). The van der Waals surface area contributed by atoms with Crippen molar-refractivity contribution < 1.29 is 13.2 Å². The molecule has 0 bridgehead atoms. The summed E-state index contributed by atoms with van der Waals surface area (Å²) in [5.74, 6) is -0.580. The first kappa shape index (κ1) is 24.8. The predicted octanol–water partition coefficient (Wildman–Crippen LogP) is 6.17. The van der Waals surface area contributed by atoms with Gasteiger partial charge in [0.05, 0.1) is 22.3 Å². The van der Waals surface area contributed by atoms with Crippen LogP contribution in [-0.2, 0) is 21.2 Å². The van der Waals surface area contributed by atoms with Crippen LogP contribution in [0.1, 0.15) is 5.56 Å². The third kappa shape index (κ3) is 6.38. The SMILES string of the molecule is O=C(CN(CCc1ccccc1)S(=O)(=O)c1cc(Cl)ccc1Cl)Nc1cc(Cl)ccc1Cl. The highest BCUT2D eigenvalue weighted by Crippen LogP contribution is 2.29. The van der Waals surface area contributed by atoms with E-state index in [1.165, 1.54) is 30.3 Å². The van der Waals surface area contributed by atoms with Crippen LogP contribution in [0.3, 0.4) is 0 Å². The first-order chi connectivity index (χ1) is 15.2. The summed E-state index contributed by atoms with van der Waals surface area (Å²) in [6.07, 6.45) is 0.392. The first-order valence-electron chi connectivity index (χ1n) is 9.41. The standard InChI is InChI=1S/C22H18Cl4N2O3S/c23-16-6-8-18(25)20(12-16)27-22(29)14-28(11-10-15-4-2-1-3-5-15)32(30,31)21-13-17(24)7-9-19(21)26/h1-9,12-13H,10-11,14H2,(H,27,29). The zero-order valence-corrected chi connectivity index (χ0v) is 20.4. The molecule has 0 fully saturated rings. The van der Waals surface area contributed by atoms with Gasteiger partial charge in [-0.05, 0) is 48.4 Å². The maximum Gasteiger partial charge on any atom is 0.245 e. The fourth-order valence-corrected chi connectivity index (χ4v) is 5.41. The number of sulfonamides is 1. The van der Waals surface area contributed by atoms with E-state index in [9.17, 15) is 13.2 Å². The summed E-state index contributed by atoms with van der Waals surface area (Å²) in [6, 6.07) is 18.1. The van der Waals surface area contributed by atoms with Gasteiger partial charge in [-0.15, -0.1) is 0 Å². The van der Waals surface area contributed by atoms with Crippen molar-refractivity contribution in [1.82, 2.24) is 4.31 Å². The Balaban J connectivity index is 1.88. The lowest BCUT2D eigenvalue weighted by Crippen LogP contribution is -2.39. The number of amides is 1. The van der Waals surface area contributed by atoms with Crippen molar-refractivity contribution >= 4 is 68.0 Å². The second-order valence-corrected chi connectivity index (χ2v) is 10.4. The summed E-state index contributed by atoms with van der Waals surface area (Å²) in [6.45, 7) is -0.410. The fraction of sp³-hybridized carbons (Fsp3) is 0.136. The van der Waals surface area contributed by atoms with E-state index in [0.717, 1.165) is 9.87 Å². The van der Waals surface area contributed by atoms with Gasteiger partial charge in [-0.3, -0.25) is 4.79 Å². The van der Waals surface area contributed by atoms with Crippen LogP contribution in [0.15, 0.2) is 71.6 Å². The third-order valence-electron chi connectivity index (χ3n) is 4.53. The van der Waals surface area contributed by atoms with E-state index in [-0.39, 0.29) is 32.2 Å². The zero-order valence-electron chi connectivity index (χ0n) is 16.6. The Labute approximate surface area is 206 Å². The Hall–Kier alpha value is -1.80. The molecule has 0 aliphatic rings. The minimum absolute atomic E-state index is 0.0115. The van der Waals surface area contributed by atoms with Crippen molar-refractivity contribution in [1.29, 1.82) is 0 Å². The van der Waals surface area contributed by atoms with Crippen molar-refractivity contribution in [2.24, 2.45) is 0 Å². The van der Waals surface area contributed by atoms with Crippen LogP contribution < -0.4 is 5.32 Å². The maximum absolute atomic E-state index is 13.4. The highest BCUT2D eigenvalue weighted by atomic mass is 35.5. The number of nitrogens with one attached hydrogen (secondary N) is 1. The number of carbonyl (C=O) groups excluding carboxylic acids is 1. The van der Waals surface area contributed by atoms with Crippen molar-refractivity contribution in [2.75, 3.05) is 18.4 Å². The molecule has 0 unspecified atom stereocenters. The summed E-state index contributed by atoms with van der Waals surface area (Å²) < 4.78 is 27.8. The maximum atomic E-state index is 13.4. The number of rotatable bonds is 8. The van der Waals surface area contributed by atoms with E-state index < -0.39 is 22.5 Å². The monoisotopic (exact) mass is 530 g/mol. The molecule has 5 nitrogen and oxygen atoms in total. The first-order valence-corrected chi connectivity index (χ1v) is 12.4. The molecule has 0 saturated carbocycles. The van der Waals surface area contributed by atoms with Gasteiger partial charge in [0.2, 0.25) is 15.9 Å². The van der Waals surface area contributed by atoms with E-state index in [0.29, 0.717) is 11.4 Å². The summed E-state index contributed by atoms with van der Waals surface area (Å²) >= 11 is 24.2. The Morgan fingerprint density at radius 2 is 1.47 bits per heavy atom. The van der Waals surface area contributed by atoms with Gasteiger partial charge in [0.1, 0.15) is 4.90 Å². The predicted molar refractivity (Wildman–Crippen MR) is 130 cm³/mol. The summed E-state index contributed by atoms with van der Waals surface area (Å²) in [5.41, 5.74) is 1.20. The average Bonchev–Trinajstić information content (AvgIpc) is 2.76. The van der Waals surface area contributed by atoms with E-state index >= 15 is 0 Å². The van der Waals surface area contributed by atoms with Crippen molar-refractivity contribution in [3.8, 4) is 0 Å². The molecule has 0 aliphatic heterocycles. The van der Waals surface area contributed by atoms with Gasteiger partial charge in [-0.1, -0.05) is 76.7 Å². The van der Waals surface area contributed by atoms with Crippen molar-refractivity contribution in [3.63, 3.8) is 0 Å². The summed E-state index contributed by atoms with van der Waals surface area (Å²) in [7, 11) is -4.13. The lowest BCUT2D eigenvalue weighted by atomic mass is 10.1. The fourth-order valence-electron chi connectivity index (χ4n) is 2.94. The van der Waals surface area contributed by atoms with E-state index in [2.05, 4.69) is 5.32 Å². The second kappa shape index (κ2) is 10.9. The number of nitrogens with zero attached hydrogens (tertiary/aromatic N) is 1. The lowest BCUT2D eigenvalue weighted by molar-refractivity contribution is -0.116. The molecule has 0 heterocycles. The van der Waals surface area contributed by atoms with Gasteiger partial charge in [-0.2, -0.15) is 4.31 Å². The molecule has 1 amide bonds. The van der Waals surface area contributed by atoms with Crippen LogP contribution in [0, 0.1) is 0 Å². The van der Waals surface area contributed by atoms with Gasteiger partial charge in [0, 0.05) is 16.6 Å². The largest absolute Gasteiger partial charge is 0.324 e. The molecule has 0 spiro atoms. The molecule has 32 heavy (non-hydrogen) atoms. The normalized spacial score (nSPS) is 11.5. The van der Waals surface area contributed by atoms with Gasteiger partial charge in [0.15, 0.2) is 0 Å². The van der Waals surface area contributed by atoms with Crippen LogP contribution >= 0.6 is 46.4 Å². The number of halogens is 4. The van der Waals surface area contributed by atoms with Gasteiger partial charge in [0.25, 0.3) is 0 Å². The molecule has 0 radical (unpaired) electrons. The Kier molecular flexibility index (Phi) is 8.44. The van der Waals surface area contributed by atoms with Gasteiger partial charge < -0.3 is 5.32 Å². The third-order valence-corrected chi connectivity index (χ3v) is 7.65. The van der Waals surface area contributed by atoms with E-state index in [1.807, 2.05) is 30.3 Å². The van der Waals surface area contributed by atoms with Crippen LogP contribution in [0.2, 0.25) is 20.1 Å². The highest BCUT2D eigenvalue weighted by Gasteiger charge is 2.29. The Bertz CT molecular complexity index is 1220. The number of carbonyl (C=O) groups is 1. The van der Waals surface area contributed by atoms with Crippen LogP contribution in [0.5, 0.6) is 0 Å². The molecule has 0 saturated heterocycles. The van der Waals surface area contributed by atoms with Crippen LogP contribution in [0.4, 0.5) is 5.69 Å². The lowest BCUT2D eigenvalue weighted by Gasteiger charge is -2.23. The molecule has 10 heteroatoms. The minimum atomic E-state index is -4.13. The molecule has 0 atom stereocenters. The molecule has 0 aromatic heterocycles. The number of benzene rings is 3. The number of hydrogen-bond donors (Lipinski definition) is 1. The van der Waals surface area contributed by atoms with Crippen molar-refractivity contribution in [2.45, 2.75) is 11.3 Å². The molecule has 3 aromatic rings. The molecular weight excluding hydrogens is 514 g/mol. The minimum Gasteiger partial charge on any atom is -0.324 e. The molecule has 3 aromatic carbocycles. The molecule has 1 N–H and O–H groups in total. The van der Waals surface area contributed by atoms with Gasteiger partial charge in [-0.25, -0.2) is 8.42 Å². The van der Waals surface area contributed by atoms with Crippen LogP contribution in [0.25, 0.3) is 0 Å².